The second-order valence-electron chi connectivity index (χ2n) is 8.09. The lowest BCUT2D eigenvalue weighted by Gasteiger charge is -2.14. The van der Waals surface area contributed by atoms with Crippen molar-refractivity contribution in [1.29, 1.82) is 0 Å². The van der Waals surface area contributed by atoms with Crippen LogP contribution < -0.4 is 26.3 Å². The molecule has 4 aromatic rings. The number of anilines is 2. The number of rotatable bonds is 9. The van der Waals surface area contributed by atoms with Gasteiger partial charge in [-0.2, -0.15) is 0 Å². The van der Waals surface area contributed by atoms with Crippen LogP contribution in [0.2, 0.25) is 0 Å². The molecule has 0 aliphatic carbocycles. The maximum absolute atomic E-state index is 11.9. The normalized spacial score (nSPS) is 10.5. The summed E-state index contributed by atoms with van der Waals surface area (Å²) in [5, 5.41) is 7.17. The molecular formula is C27H26N6O4. The first-order valence-electron chi connectivity index (χ1n) is 11.3. The molecule has 0 aliphatic heterocycles. The minimum Gasteiger partial charge on any atom is -0.493 e. The van der Waals surface area contributed by atoms with Crippen molar-refractivity contribution < 1.29 is 19.1 Å². The summed E-state index contributed by atoms with van der Waals surface area (Å²) in [5.74, 6) is 0.629. The molecule has 10 heteroatoms. The lowest BCUT2D eigenvalue weighted by Crippen LogP contribution is -2.15. The van der Waals surface area contributed by atoms with E-state index in [0.717, 1.165) is 5.69 Å². The Morgan fingerprint density at radius 3 is 2.51 bits per heavy atom. The minimum atomic E-state index is -0.549. The molecule has 5 N–H and O–H groups in total. The number of hydrogen-bond acceptors (Lipinski definition) is 7. The fraction of sp³-hybridized carbons (Fsp3) is 0.111. The van der Waals surface area contributed by atoms with E-state index in [9.17, 15) is 9.59 Å². The van der Waals surface area contributed by atoms with E-state index >= 15 is 0 Å². The molecule has 10 nitrogen and oxygen atoms in total. The number of nitrogen functional groups attached to an aromatic ring is 1. The van der Waals surface area contributed by atoms with Crippen molar-refractivity contribution in [2.45, 2.75) is 13.3 Å². The van der Waals surface area contributed by atoms with Gasteiger partial charge in [-0.1, -0.05) is 12.6 Å². The third kappa shape index (κ3) is 5.59. The zero-order valence-electron chi connectivity index (χ0n) is 20.4. The Morgan fingerprint density at radius 2 is 1.86 bits per heavy atom. The van der Waals surface area contributed by atoms with Gasteiger partial charge in [-0.15, -0.1) is 5.10 Å². The van der Waals surface area contributed by atoms with E-state index in [-0.39, 0.29) is 18.1 Å². The summed E-state index contributed by atoms with van der Waals surface area (Å²) in [6, 6.07) is 17.8. The lowest BCUT2D eigenvalue weighted by molar-refractivity contribution is -0.117. The maximum Gasteiger partial charge on any atom is 0.247 e. The predicted octanol–water partition coefficient (Wildman–Crippen LogP) is 3.78. The van der Waals surface area contributed by atoms with E-state index in [2.05, 4.69) is 22.0 Å². The first-order valence-corrected chi connectivity index (χ1v) is 11.3. The summed E-state index contributed by atoms with van der Waals surface area (Å²) >= 11 is 0. The minimum absolute atomic E-state index is 0.109. The zero-order valence-corrected chi connectivity index (χ0v) is 20.4. The summed E-state index contributed by atoms with van der Waals surface area (Å²) in [4.78, 5) is 27.8. The second-order valence-corrected chi connectivity index (χ2v) is 8.09. The molecule has 2 aromatic carbocycles. The first kappa shape index (κ1) is 25.0. The van der Waals surface area contributed by atoms with Gasteiger partial charge in [0.05, 0.1) is 24.9 Å². The average Bonchev–Trinajstić information content (AvgIpc) is 3.19. The molecule has 2 aromatic heterocycles. The quantitative estimate of drug-likeness (QED) is 0.298. The molecule has 37 heavy (non-hydrogen) atoms. The third-order valence-electron chi connectivity index (χ3n) is 5.44. The molecule has 0 unspecified atom stereocenters. The standard InChI is InChI=1S/C27H26N6O4/c1-4-24(35)31-18-9-11-19(12-10-18)33-26(20(15-23(28)34)27(29)32-33)17-8-13-21(22(14-17)36-3)37-25-7-5-6-16(2)30-25/h4-14H,1,15H2,2-3H3,(H2,28,34)(H2,29,32)(H,31,35). The number of aromatic nitrogens is 3. The van der Waals surface area contributed by atoms with Gasteiger partial charge in [-0.25, -0.2) is 9.67 Å². The number of nitrogens with two attached hydrogens (primary N) is 2. The highest BCUT2D eigenvalue weighted by Gasteiger charge is 2.22. The van der Waals surface area contributed by atoms with Crippen molar-refractivity contribution >= 4 is 23.3 Å². The number of pyridine rings is 1. The van der Waals surface area contributed by atoms with Gasteiger partial charge in [0, 0.05) is 28.6 Å². The number of ether oxygens (including phenoxy) is 2. The van der Waals surface area contributed by atoms with E-state index in [4.69, 9.17) is 20.9 Å². The first-order chi connectivity index (χ1) is 17.8. The summed E-state index contributed by atoms with van der Waals surface area (Å²) in [6.45, 7) is 5.32. The van der Waals surface area contributed by atoms with Crippen LogP contribution in [0.3, 0.4) is 0 Å². The topological polar surface area (TPSA) is 147 Å². The van der Waals surface area contributed by atoms with Crippen LogP contribution in [0.15, 0.2) is 73.3 Å². The van der Waals surface area contributed by atoms with Crippen molar-refractivity contribution in [3.05, 3.63) is 84.6 Å². The van der Waals surface area contributed by atoms with Gasteiger partial charge in [0.2, 0.25) is 17.7 Å². The molecule has 4 rings (SSSR count). The average molecular weight is 499 g/mol. The number of benzene rings is 2. The Balaban J connectivity index is 1.78. The Hall–Kier alpha value is -5.12. The lowest BCUT2D eigenvalue weighted by atomic mass is 10.0. The summed E-state index contributed by atoms with van der Waals surface area (Å²) < 4.78 is 13.2. The number of carbonyl (C=O) groups is 2. The van der Waals surface area contributed by atoms with Crippen LogP contribution in [0.4, 0.5) is 11.5 Å². The van der Waals surface area contributed by atoms with Crippen LogP contribution in [0.5, 0.6) is 17.4 Å². The van der Waals surface area contributed by atoms with E-state index < -0.39 is 5.91 Å². The number of aryl methyl sites for hydroxylation is 1. The van der Waals surface area contributed by atoms with Crippen molar-refractivity contribution in [1.82, 2.24) is 14.8 Å². The molecule has 0 radical (unpaired) electrons. The van der Waals surface area contributed by atoms with Gasteiger partial charge in [0.1, 0.15) is 5.82 Å². The number of amides is 2. The Bertz CT molecular complexity index is 1480. The van der Waals surface area contributed by atoms with Crippen molar-refractivity contribution in [2.24, 2.45) is 5.73 Å². The molecule has 0 saturated heterocycles. The number of hydrogen-bond donors (Lipinski definition) is 3. The molecule has 0 bridgehead atoms. The molecule has 0 aliphatic rings. The van der Waals surface area contributed by atoms with Crippen molar-refractivity contribution in [3.63, 3.8) is 0 Å². The molecule has 188 valence electrons. The van der Waals surface area contributed by atoms with Gasteiger partial charge in [0.25, 0.3) is 0 Å². The van der Waals surface area contributed by atoms with Crippen LogP contribution in [0, 0.1) is 6.92 Å². The molecule has 0 atom stereocenters. The summed E-state index contributed by atoms with van der Waals surface area (Å²) in [7, 11) is 1.53. The van der Waals surface area contributed by atoms with E-state index in [1.54, 1.807) is 47.1 Å². The molecule has 0 fully saturated rings. The van der Waals surface area contributed by atoms with Crippen LogP contribution in [-0.2, 0) is 16.0 Å². The van der Waals surface area contributed by atoms with Crippen LogP contribution in [0.25, 0.3) is 16.9 Å². The number of carbonyl (C=O) groups excluding carboxylic acids is 2. The highest BCUT2D eigenvalue weighted by molar-refractivity contribution is 5.98. The molecule has 2 heterocycles. The zero-order chi connectivity index (χ0) is 26.5. The third-order valence-corrected chi connectivity index (χ3v) is 5.44. The predicted molar refractivity (Wildman–Crippen MR) is 141 cm³/mol. The highest BCUT2D eigenvalue weighted by Crippen LogP contribution is 2.38. The fourth-order valence-electron chi connectivity index (χ4n) is 3.77. The Morgan fingerprint density at radius 1 is 1.11 bits per heavy atom. The van der Waals surface area contributed by atoms with Crippen LogP contribution >= 0.6 is 0 Å². The Kier molecular flexibility index (Phi) is 7.19. The maximum atomic E-state index is 11.9. The number of methoxy groups -OCH3 is 1. The second kappa shape index (κ2) is 10.6. The number of primary amides is 1. The number of nitrogens with one attached hydrogen (secondary N) is 1. The molecular weight excluding hydrogens is 472 g/mol. The molecule has 0 saturated carbocycles. The fourth-order valence-corrected chi connectivity index (χ4v) is 3.77. The van der Waals surface area contributed by atoms with Gasteiger partial charge in [0.15, 0.2) is 11.5 Å². The molecule has 2 amide bonds. The smallest absolute Gasteiger partial charge is 0.247 e. The molecule has 0 spiro atoms. The van der Waals surface area contributed by atoms with Crippen molar-refractivity contribution in [2.75, 3.05) is 18.2 Å². The van der Waals surface area contributed by atoms with Crippen LogP contribution in [0.1, 0.15) is 11.3 Å². The monoisotopic (exact) mass is 498 g/mol. The van der Waals surface area contributed by atoms with E-state index in [1.807, 2.05) is 25.1 Å². The van der Waals surface area contributed by atoms with Crippen LogP contribution in [-0.4, -0.2) is 33.7 Å². The number of nitrogens with zero attached hydrogens (tertiary/aromatic N) is 3. The highest BCUT2D eigenvalue weighted by atomic mass is 16.5. The van der Waals surface area contributed by atoms with E-state index in [1.165, 1.54) is 13.2 Å². The van der Waals surface area contributed by atoms with Gasteiger partial charge >= 0.3 is 0 Å². The van der Waals surface area contributed by atoms with E-state index in [0.29, 0.717) is 45.6 Å². The summed E-state index contributed by atoms with van der Waals surface area (Å²) in [6.07, 6.45) is 1.08. The van der Waals surface area contributed by atoms with Crippen molar-refractivity contribution in [3.8, 4) is 34.3 Å². The Labute approximate surface area is 213 Å². The summed E-state index contributed by atoms with van der Waals surface area (Å²) in [5.41, 5.74) is 15.5. The SMILES string of the molecule is C=CC(=O)Nc1ccc(-n2nc(N)c(CC(N)=O)c2-c2ccc(Oc3cccc(C)n3)c(OC)c2)cc1. The largest absolute Gasteiger partial charge is 0.493 e. The van der Waals surface area contributed by atoms with Gasteiger partial charge < -0.3 is 26.3 Å². The van der Waals surface area contributed by atoms with Gasteiger partial charge in [-0.3, -0.25) is 9.59 Å². The van der Waals surface area contributed by atoms with Gasteiger partial charge in [-0.05, 0) is 61.5 Å².